The quantitative estimate of drug-likeness (QED) is 0.0439. The minimum absolute atomic E-state index is 0.101. The molecule has 12 heteroatoms. The van der Waals surface area contributed by atoms with Gasteiger partial charge in [0.15, 0.2) is 73.2 Å². The van der Waals surface area contributed by atoms with Gasteiger partial charge in [0.1, 0.15) is 0 Å². The number of unbranched alkanes of at least 4 members (excludes halogenated alkanes) is 10. The summed E-state index contributed by atoms with van der Waals surface area (Å²) in [6, 6.07) is 3.51. The molecule has 0 saturated carbocycles. The first-order chi connectivity index (χ1) is 25.5. The molecule has 0 bridgehead atoms. The molecule has 0 unspecified atom stereocenters. The Morgan fingerprint density at radius 2 is 0.712 bits per heavy atom. The van der Waals surface area contributed by atoms with Crippen LogP contribution in [0.5, 0.6) is 46.0 Å². The van der Waals surface area contributed by atoms with Crippen LogP contribution in [0.1, 0.15) is 88.2 Å². The Kier molecular flexibility index (Phi) is 23.8. The van der Waals surface area contributed by atoms with Gasteiger partial charge in [-0.1, -0.05) is 38.5 Å². The van der Waals surface area contributed by atoms with Gasteiger partial charge in [0.05, 0.1) is 28.4 Å². The number of hydrogen-bond acceptors (Lipinski definition) is 12. The summed E-state index contributed by atoms with van der Waals surface area (Å²) < 4.78 is 66.4. The van der Waals surface area contributed by atoms with Gasteiger partial charge in [-0.2, -0.15) is 0 Å². The van der Waals surface area contributed by atoms with Crippen molar-refractivity contribution >= 4 is 0 Å². The minimum Gasteiger partial charge on any atom is -0.493 e. The van der Waals surface area contributed by atoms with Crippen molar-refractivity contribution in [2.24, 2.45) is 0 Å². The molecule has 0 spiro atoms. The summed E-state index contributed by atoms with van der Waals surface area (Å²) in [6.07, 6.45) is 14.3. The van der Waals surface area contributed by atoms with Gasteiger partial charge in [0.25, 0.3) is 0 Å². The first kappa shape index (κ1) is 44.4. The second-order valence-corrected chi connectivity index (χ2v) is 11.9. The molecule has 2 rings (SSSR count). The van der Waals surface area contributed by atoms with Crippen LogP contribution >= 0.6 is 0 Å². The Morgan fingerprint density at radius 1 is 0.365 bits per heavy atom. The molecule has 0 atom stereocenters. The zero-order chi connectivity index (χ0) is 37.8. The summed E-state index contributed by atoms with van der Waals surface area (Å²) >= 11 is 0. The SMILES string of the molecule is COCOc1cc(OC)c(OCOC)c(CCCCCCCC#CCCCCCCCc2c(OC)c(OCOC)cc(OC)c2OCOC)c1OC. The zero-order valence-electron chi connectivity index (χ0n) is 32.8. The summed E-state index contributed by atoms with van der Waals surface area (Å²) in [5.41, 5.74) is 1.80. The highest BCUT2D eigenvalue weighted by atomic mass is 16.7. The van der Waals surface area contributed by atoms with Gasteiger partial charge in [-0.05, 0) is 38.5 Å². The van der Waals surface area contributed by atoms with E-state index >= 15 is 0 Å². The first-order valence-electron chi connectivity index (χ1n) is 18.0. The van der Waals surface area contributed by atoms with Crippen LogP contribution in [0.15, 0.2) is 12.1 Å². The predicted octanol–water partition coefficient (Wildman–Crippen LogP) is 8.12. The summed E-state index contributed by atoms with van der Waals surface area (Å²) in [5, 5.41) is 0. The van der Waals surface area contributed by atoms with Crippen LogP contribution < -0.4 is 37.9 Å². The highest BCUT2D eigenvalue weighted by molar-refractivity contribution is 5.62. The Bertz CT molecular complexity index is 1220. The maximum absolute atomic E-state index is 5.89. The molecule has 0 fully saturated rings. The van der Waals surface area contributed by atoms with Crippen LogP contribution in [0.4, 0.5) is 0 Å². The van der Waals surface area contributed by atoms with Gasteiger partial charge >= 0.3 is 0 Å². The van der Waals surface area contributed by atoms with E-state index in [1.165, 1.54) is 0 Å². The molecule has 0 N–H and O–H groups in total. The fourth-order valence-electron chi connectivity index (χ4n) is 5.79. The maximum atomic E-state index is 5.89. The molecule has 2 aromatic rings. The Labute approximate surface area is 311 Å². The maximum Gasteiger partial charge on any atom is 0.188 e. The average Bonchev–Trinajstić information content (AvgIpc) is 3.17. The molecular weight excluding hydrogens is 672 g/mol. The molecule has 0 aromatic heterocycles. The third-order valence-electron chi connectivity index (χ3n) is 8.25. The van der Waals surface area contributed by atoms with Crippen molar-refractivity contribution < 1.29 is 56.8 Å². The van der Waals surface area contributed by atoms with Crippen molar-refractivity contribution in [3.05, 3.63) is 23.3 Å². The van der Waals surface area contributed by atoms with Crippen LogP contribution in [0.3, 0.4) is 0 Å². The molecule has 0 aliphatic heterocycles. The fourth-order valence-corrected chi connectivity index (χ4v) is 5.79. The topological polar surface area (TPSA) is 111 Å². The van der Waals surface area contributed by atoms with Crippen molar-refractivity contribution in [1.29, 1.82) is 0 Å². The van der Waals surface area contributed by atoms with E-state index in [-0.39, 0.29) is 27.2 Å². The lowest BCUT2D eigenvalue weighted by Crippen LogP contribution is -2.08. The fraction of sp³-hybridized carbons (Fsp3) is 0.650. The van der Waals surface area contributed by atoms with Crippen molar-refractivity contribution in [3.8, 4) is 57.8 Å². The zero-order valence-corrected chi connectivity index (χ0v) is 32.8. The number of rotatable bonds is 30. The molecule has 0 aliphatic rings. The number of methoxy groups -OCH3 is 8. The molecule has 2 aromatic carbocycles. The predicted molar refractivity (Wildman–Crippen MR) is 200 cm³/mol. The molecule has 294 valence electrons. The van der Waals surface area contributed by atoms with Crippen LogP contribution in [-0.2, 0) is 31.8 Å². The van der Waals surface area contributed by atoms with E-state index in [4.69, 9.17) is 56.8 Å². The molecular formula is C40H62O12. The standard InChI is InChI=1S/C40H62O12/c1-41-27-49-35-25-33(45-5)39(51-29-43-3)31(37(35)47-7)23-21-19-17-15-13-11-9-10-12-14-16-18-20-22-24-32-38(48-8)36(50-28-42-2)26-34(46-6)40(32)52-30-44-4/h25-26H,11-24,27-30H2,1-8H3. The average molecular weight is 735 g/mol. The number of hydrogen-bond donors (Lipinski definition) is 0. The number of benzene rings is 2. The molecule has 0 heterocycles. The third kappa shape index (κ3) is 15.1. The molecule has 0 saturated heterocycles. The van der Waals surface area contributed by atoms with Crippen molar-refractivity contribution in [2.45, 2.75) is 89.9 Å². The summed E-state index contributed by atoms with van der Waals surface area (Å²) in [6.45, 7) is 0.411. The smallest absolute Gasteiger partial charge is 0.188 e. The van der Waals surface area contributed by atoms with E-state index in [1.807, 2.05) is 0 Å². The largest absolute Gasteiger partial charge is 0.493 e. The van der Waals surface area contributed by atoms with Crippen LogP contribution in [0.25, 0.3) is 0 Å². The van der Waals surface area contributed by atoms with E-state index in [1.54, 1.807) is 69.0 Å². The molecule has 12 nitrogen and oxygen atoms in total. The van der Waals surface area contributed by atoms with E-state index in [0.29, 0.717) is 46.0 Å². The second kappa shape index (κ2) is 27.8. The minimum atomic E-state index is 0.101. The van der Waals surface area contributed by atoms with Gasteiger partial charge in [-0.25, -0.2) is 0 Å². The molecule has 0 amide bonds. The Morgan fingerprint density at radius 3 is 1.06 bits per heavy atom. The van der Waals surface area contributed by atoms with Crippen LogP contribution in [0, 0.1) is 11.8 Å². The van der Waals surface area contributed by atoms with E-state index < -0.39 is 0 Å². The van der Waals surface area contributed by atoms with Crippen LogP contribution in [-0.4, -0.2) is 84.1 Å². The third-order valence-corrected chi connectivity index (χ3v) is 8.25. The van der Waals surface area contributed by atoms with Gasteiger partial charge in [0.2, 0.25) is 0 Å². The Balaban J connectivity index is 1.72. The molecule has 52 heavy (non-hydrogen) atoms. The van der Waals surface area contributed by atoms with Gasteiger partial charge in [-0.3, -0.25) is 0 Å². The summed E-state index contributed by atoms with van der Waals surface area (Å²) in [4.78, 5) is 0. The normalized spacial score (nSPS) is 10.7. The first-order valence-corrected chi connectivity index (χ1v) is 18.0. The van der Waals surface area contributed by atoms with Crippen molar-refractivity contribution in [2.75, 3.05) is 84.1 Å². The molecule has 0 radical (unpaired) electrons. The Hall–Kier alpha value is -3.76. The monoisotopic (exact) mass is 734 g/mol. The second-order valence-electron chi connectivity index (χ2n) is 11.9. The van der Waals surface area contributed by atoms with E-state index in [9.17, 15) is 0 Å². The number of ether oxygens (including phenoxy) is 12. The lowest BCUT2D eigenvalue weighted by Gasteiger charge is -2.20. The van der Waals surface area contributed by atoms with E-state index in [2.05, 4.69) is 11.8 Å². The highest BCUT2D eigenvalue weighted by Gasteiger charge is 2.23. The van der Waals surface area contributed by atoms with Crippen molar-refractivity contribution in [1.82, 2.24) is 0 Å². The van der Waals surface area contributed by atoms with Crippen molar-refractivity contribution in [3.63, 3.8) is 0 Å². The summed E-state index contributed by atoms with van der Waals surface area (Å²) in [7, 11) is 12.8. The van der Waals surface area contributed by atoms with Gasteiger partial charge in [-0.15, -0.1) is 11.8 Å². The highest BCUT2D eigenvalue weighted by Crippen LogP contribution is 2.47. The lowest BCUT2D eigenvalue weighted by molar-refractivity contribution is 0.0444. The summed E-state index contributed by atoms with van der Waals surface area (Å²) in [5.74, 6) is 11.4. The molecule has 0 aliphatic carbocycles. The lowest BCUT2D eigenvalue weighted by atomic mass is 10.0. The van der Waals surface area contributed by atoms with Gasteiger partial charge < -0.3 is 56.8 Å². The van der Waals surface area contributed by atoms with E-state index in [0.717, 1.165) is 101 Å². The van der Waals surface area contributed by atoms with Crippen LogP contribution in [0.2, 0.25) is 0 Å². The van der Waals surface area contributed by atoms with Gasteiger partial charge in [0, 0.05) is 64.5 Å².